The number of pyridine rings is 1. The number of hydrogen-bond acceptors (Lipinski definition) is 4. The first kappa shape index (κ1) is 11.2. The first-order chi connectivity index (χ1) is 8.06. The van der Waals surface area contributed by atoms with Gasteiger partial charge in [0, 0.05) is 6.07 Å². The van der Waals surface area contributed by atoms with E-state index in [0.29, 0.717) is 6.07 Å². The lowest BCUT2D eigenvalue weighted by atomic mass is 10.2. The van der Waals surface area contributed by atoms with Gasteiger partial charge in [0.1, 0.15) is 17.9 Å². The second kappa shape index (κ2) is 4.28. The van der Waals surface area contributed by atoms with Crippen molar-refractivity contribution >= 4 is 5.91 Å². The number of aromatic nitrogens is 2. The summed E-state index contributed by atoms with van der Waals surface area (Å²) in [5.41, 5.74) is 4.89. The maximum atomic E-state index is 13.2. The molecule has 0 radical (unpaired) electrons. The lowest BCUT2D eigenvalue weighted by Gasteiger charge is -1.98. The van der Waals surface area contributed by atoms with Crippen molar-refractivity contribution in [2.75, 3.05) is 0 Å². The molecule has 0 saturated heterocycles. The van der Waals surface area contributed by atoms with Crippen LogP contribution in [0.4, 0.5) is 8.78 Å². The fraction of sp³-hybridized carbons (Fsp3) is 0.100. The van der Waals surface area contributed by atoms with Crippen LogP contribution in [-0.4, -0.2) is 15.9 Å². The van der Waals surface area contributed by atoms with Crippen molar-refractivity contribution in [2.45, 2.75) is 6.42 Å². The highest BCUT2D eigenvalue weighted by atomic mass is 19.1. The first-order valence-electron chi connectivity index (χ1n) is 4.60. The summed E-state index contributed by atoms with van der Waals surface area (Å²) < 4.78 is 30.7. The minimum absolute atomic E-state index is 0.0238. The van der Waals surface area contributed by atoms with E-state index in [2.05, 4.69) is 9.97 Å². The van der Waals surface area contributed by atoms with Crippen molar-refractivity contribution in [3.05, 3.63) is 47.4 Å². The number of carbonyl (C=O) groups excluding carboxylic acids is 1. The molecule has 5 nitrogen and oxygen atoms in total. The van der Waals surface area contributed by atoms with E-state index in [4.69, 9.17) is 10.2 Å². The fourth-order valence-electron chi connectivity index (χ4n) is 1.22. The third kappa shape index (κ3) is 2.44. The molecule has 0 bridgehead atoms. The molecule has 0 aromatic carbocycles. The van der Waals surface area contributed by atoms with Gasteiger partial charge >= 0.3 is 0 Å². The zero-order valence-corrected chi connectivity index (χ0v) is 8.48. The molecule has 2 heterocycles. The second-order valence-electron chi connectivity index (χ2n) is 3.25. The van der Waals surface area contributed by atoms with E-state index in [9.17, 15) is 13.6 Å². The topological polar surface area (TPSA) is 82.0 Å². The Labute approximate surface area is 94.3 Å². The van der Waals surface area contributed by atoms with Crippen molar-refractivity contribution in [1.29, 1.82) is 0 Å². The number of nitrogens with two attached hydrogens (primary N) is 1. The predicted octanol–water partition coefficient (Wildman–Crippen LogP) is 1.04. The van der Waals surface area contributed by atoms with Crippen molar-refractivity contribution in [2.24, 2.45) is 5.73 Å². The molecule has 2 rings (SSSR count). The molecular weight excluding hydrogens is 232 g/mol. The fourth-order valence-corrected chi connectivity index (χ4v) is 1.22. The number of rotatable bonds is 3. The van der Waals surface area contributed by atoms with Crippen molar-refractivity contribution in [3.63, 3.8) is 0 Å². The molecule has 2 N–H and O–H groups in total. The molecular formula is C10H7F2N3O2. The summed E-state index contributed by atoms with van der Waals surface area (Å²) >= 11 is 0. The van der Waals surface area contributed by atoms with Gasteiger partial charge in [0.15, 0.2) is 5.69 Å². The van der Waals surface area contributed by atoms with Crippen LogP contribution in [0.1, 0.15) is 22.1 Å². The van der Waals surface area contributed by atoms with Crippen LogP contribution < -0.4 is 5.73 Å². The Bertz CT molecular complexity index is 568. The van der Waals surface area contributed by atoms with Crippen LogP contribution in [-0.2, 0) is 6.42 Å². The van der Waals surface area contributed by atoms with E-state index in [1.54, 1.807) is 0 Å². The van der Waals surface area contributed by atoms with Crippen LogP contribution in [0, 0.1) is 11.6 Å². The number of hydrogen-bond donors (Lipinski definition) is 1. The van der Waals surface area contributed by atoms with E-state index >= 15 is 0 Å². The third-order valence-electron chi connectivity index (χ3n) is 2.01. The number of halogens is 2. The standard InChI is InChI=1S/C10H7F2N3O2/c11-5-1-6(12)7(14-3-5)2-9-15-8(4-17-9)10(13)16/h1,3-4H,2H2,(H2,13,16). The molecule has 0 aliphatic carbocycles. The maximum Gasteiger partial charge on any atom is 0.270 e. The molecule has 88 valence electrons. The van der Waals surface area contributed by atoms with E-state index in [0.717, 1.165) is 12.5 Å². The average molecular weight is 239 g/mol. The second-order valence-corrected chi connectivity index (χ2v) is 3.25. The van der Waals surface area contributed by atoms with Gasteiger partial charge < -0.3 is 10.2 Å². The van der Waals surface area contributed by atoms with E-state index in [1.807, 2.05) is 0 Å². The Morgan fingerprint density at radius 2 is 2.24 bits per heavy atom. The molecule has 0 fully saturated rings. The minimum Gasteiger partial charge on any atom is -0.448 e. The monoisotopic (exact) mass is 239 g/mol. The number of carbonyl (C=O) groups is 1. The molecule has 0 spiro atoms. The molecule has 7 heteroatoms. The summed E-state index contributed by atoms with van der Waals surface area (Å²) in [6.07, 6.45) is 1.87. The lowest BCUT2D eigenvalue weighted by Crippen LogP contribution is -2.11. The van der Waals surface area contributed by atoms with E-state index < -0.39 is 17.5 Å². The molecule has 1 amide bonds. The smallest absolute Gasteiger partial charge is 0.270 e. The summed E-state index contributed by atoms with van der Waals surface area (Å²) in [5.74, 6) is -2.23. The summed E-state index contributed by atoms with van der Waals surface area (Å²) in [6.45, 7) is 0. The highest BCUT2D eigenvalue weighted by molar-refractivity contribution is 5.90. The van der Waals surface area contributed by atoms with Crippen molar-refractivity contribution in [3.8, 4) is 0 Å². The largest absolute Gasteiger partial charge is 0.448 e. The Morgan fingerprint density at radius 3 is 2.82 bits per heavy atom. The van der Waals surface area contributed by atoms with E-state index in [-0.39, 0.29) is 23.7 Å². The quantitative estimate of drug-likeness (QED) is 0.867. The highest BCUT2D eigenvalue weighted by Gasteiger charge is 2.12. The number of nitrogens with zero attached hydrogens (tertiary/aromatic N) is 2. The van der Waals surface area contributed by atoms with Gasteiger partial charge in [-0.15, -0.1) is 0 Å². The Kier molecular flexibility index (Phi) is 2.82. The van der Waals surface area contributed by atoms with Crippen molar-refractivity contribution < 1.29 is 18.0 Å². The number of oxazole rings is 1. The van der Waals surface area contributed by atoms with Gasteiger partial charge in [-0.3, -0.25) is 9.78 Å². The van der Waals surface area contributed by atoms with Gasteiger partial charge in [-0.25, -0.2) is 13.8 Å². The van der Waals surface area contributed by atoms with E-state index in [1.165, 1.54) is 0 Å². The molecule has 0 atom stereocenters. The van der Waals surface area contributed by atoms with Crippen LogP contribution in [0.3, 0.4) is 0 Å². The molecule has 2 aromatic rings. The molecule has 0 aliphatic rings. The summed E-state index contributed by atoms with van der Waals surface area (Å²) in [7, 11) is 0. The normalized spacial score (nSPS) is 10.5. The summed E-state index contributed by atoms with van der Waals surface area (Å²) in [4.78, 5) is 18.0. The number of amides is 1. The Balaban J connectivity index is 2.22. The van der Waals surface area contributed by atoms with Gasteiger partial charge in [-0.05, 0) is 0 Å². The van der Waals surface area contributed by atoms with Crippen LogP contribution >= 0.6 is 0 Å². The van der Waals surface area contributed by atoms with Gasteiger partial charge in [0.25, 0.3) is 5.91 Å². The zero-order valence-electron chi connectivity index (χ0n) is 8.48. The van der Waals surface area contributed by atoms with Crippen LogP contribution in [0.25, 0.3) is 0 Å². The predicted molar refractivity (Wildman–Crippen MR) is 52.0 cm³/mol. The molecule has 0 saturated carbocycles. The lowest BCUT2D eigenvalue weighted by molar-refractivity contribution is 0.0995. The highest BCUT2D eigenvalue weighted by Crippen LogP contribution is 2.11. The Hall–Kier alpha value is -2.31. The van der Waals surface area contributed by atoms with Crippen LogP contribution in [0.2, 0.25) is 0 Å². The average Bonchev–Trinajstić information content (AvgIpc) is 2.71. The summed E-state index contributed by atoms with van der Waals surface area (Å²) in [6, 6.07) is 0.709. The van der Waals surface area contributed by atoms with Crippen LogP contribution in [0.15, 0.2) is 22.9 Å². The van der Waals surface area contributed by atoms with Crippen LogP contribution in [0.5, 0.6) is 0 Å². The summed E-state index contributed by atoms with van der Waals surface area (Å²) in [5, 5.41) is 0. The zero-order chi connectivity index (χ0) is 12.4. The number of primary amides is 1. The Morgan fingerprint density at radius 1 is 1.47 bits per heavy atom. The van der Waals surface area contributed by atoms with Gasteiger partial charge in [0.2, 0.25) is 5.89 Å². The van der Waals surface area contributed by atoms with Gasteiger partial charge in [-0.2, -0.15) is 0 Å². The van der Waals surface area contributed by atoms with Gasteiger partial charge in [0.05, 0.1) is 18.3 Å². The molecule has 0 aliphatic heterocycles. The third-order valence-corrected chi connectivity index (χ3v) is 2.01. The van der Waals surface area contributed by atoms with Gasteiger partial charge in [-0.1, -0.05) is 0 Å². The molecule has 17 heavy (non-hydrogen) atoms. The first-order valence-corrected chi connectivity index (χ1v) is 4.60. The van der Waals surface area contributed by atoms with Crippen molar-refractivity contribution in [1.82, 2.24) is 9.97 Å². The molecule has 0 unspecified atom stereocenters. The SMILES string of the molecule is NC(=O)c1coc(Cc2ncc(F)cc2F)n1. The maximum absolute atomic E-state index is 13.2. The molecule has 2 aromatic heterocycles. The minimum atomic E-state index is -0.802.